The number of nitrogens with one attached hydrogen (secondary N) is 2. The van der Waals surface area contributed by atoms with E-state index in [1.807, 2.05) is 6.07 Å². The Labute approximate surface area is 107 Å². The van der Waals surface area contributed by atoms with Crippen LogP contribution in [0.5, 0.6) is 0 Å². The Bertz CT molecular complexity index is 710. The average molecular weight is 259 g/mol. The van der Waals surface area contributed by atoms with Crippen LogP contribution in [0.4, 0.5) is 0 Å². The molecule has 0 fully saturated rings. The maximum atomic E-state index is 11.7. The molecule has 0 saturated heterocycles. The van der Waals surface area contributed by atoms with Crippen LogP contribution >= 0.6 is 0 Å². The third kappa shape index (κ3) is 2.84. The quantitative estimate of drug-likeness (QED) is 0.749. The van der Waals surface area contributed by atoms with E-state index in [0.29, 0.717) is 11.1 Å². The standard InChI is InChI=1S/C11H9N5O3/c1-6-2-7(3-12)4-13-9(6)10(17)19-5-8-14-11(18)16-15-8/h2,4H,5H2,1H3,(H2,14,15,16,18). The van der Waals surface area contributed by atoms with Crippen LogP contribution in [0, 0.1) is 18.3 Å². The van der Waals surface area contributed by atoms with E-state index in [1.165, 1.54) is 6.20 Å². The molecule has 0 amide bonds. The van der Waals surface area contributed by atoms with Gasteiger partial charge in [-0.15, -0.1) is 0 Å². The molecule has 0 radical (unpaired) electrons. The number of carbonyl (C=O) groups is 1. The van der Waals surface area contributed by atoms with Crippen molar-refractivity contribution >= 4 is 5.97 Å². The van der Waals surface area contributed by atoms with E-state index in [-0.39, 0.29) is 18.1 Å². The Hall–Kier alpha value is -2.95. The average Bonchev–Trinajstić information content (AvgIpc) is 2.81. The lowest BCUT2D eigenvalue weighted by atomic mass is 10.1. The summed E-state index contributed by atoms with van der Waals surface area (Å²) in [6.07, 6.45) is 1.29. The normalized spacial score (nSPS) is 9.89. The SMILES string of the molecule is Cc1cc(C#N)cnc1C(=O)OCc1n[nH]c(=O)[nH]1. The zero-order chi connectivity index (χ0) is 13.8. The van der Waals surface area contributed by atoms with Gasteiger partial charge in [-0.05, 0) is 18.6 Å². The molecule has 0 atom stereocenters. The van der Waals surface area contributed by atoms with Crippen LogP contribution in [-0.2, 0) is 11.3 Å². The lowest BCUT2D eigenvalue weighted by Crippen LogP contribution is -2.10. The molecule has 0 aliphatic carbocycles. The lowest BCUT2D eigenvalue weighted by Gasteiger charge is -2.04. The summed E-state index contributed by atoms with van der Waals surface area (Å²) >= 11 is 0. The molecule has 0 spiro atoms. The first-order chi connectivity index (χ1) is 9.10. The molecule has 19 heavy (non-hydrogen) atoms. The molecule has 0 aliphatic heterocycles. The Morgan fingerprint density at radius 1 is 1.58 bits per heavy atom. The van der Waals surface area contributed by atoms with Gasteiger partial charge < -0.3 is 4.74 Å². The second kappa shape index (κ2) is 5.14. The highest BCUT2D eigenvalue weighted by Gasteiger charge is 2.13. The summed E-state index contributed by atoms with van der Waals surface area (Å²) < 4.78 is 4.94. The predicted octanol–water partition coefficient (Wildman–Crippen LogP) is 0.0301. The molecule has 2 heterocycles. The molecule has 0 aliphatic rings. The van der Waals surface area contributed by atoms with E-state index in [2.05, 4.69) is 20.2 Å². The number of nitriles is 1. The second-order valence-corrected chi connectivity index (χ2v) is 3.70. The molecule has 2 aromatic heterocycles. The van der Waals surface area contributed by atoms with Crippen molar-refractivity contribution in [2.75, 3.05) is 0 Å². The minimum absolute atomic E-state index is 0.122. The Balaban J connectivity index is 2.08. The molecule has 8 heteroatoms. The van der Waals surface area contributed by atoms with Crippen LogP contribution in [0.1, 0.15) is 27.4 Å². The molecule has 0 saturated carbocycles. The summed E-state index contributed by atoms with van der Waals surface area (Å²) in [7, 11) is 0. The second-order valence-electron chi connectivity index (χ2n) is 3.70. The van der Waals surface area contributed by atoms with Gasteiger partial charge in [-0.25, -0.2) is 19.7 Å². The van der Waals surface area contributed by atoms with Gasteiger partial charge in [0.1, 0.15) is 6.07 Å². The third-order valence-electron chi connectivity index (χ3n) is 2.29. The summed E-state index contributed by atoms with van der Waals surface area (Å²) in [5, 5.41) is 14.4. The summed E-state index contributed by atoms with van der Waals surface area (Å²) in [6, 6.07) is 3.47. The van der Waals surface area contributed by atoms with E-state index in [1.54, 1.807) is 13.0 Å². The number of aromatic nitrogens is 4. The zero-order valence-corrected chi connectivity index (χ0v) is 9.93. The number of hydrogen-bond acceptors (Lipinski definition) is 6. The number of ether oxygens (including phenoxy) is 1. The van der Waals surface area contributed by atoms with E-state index in [4.69, 9.17) is 10.00 Å². The van der Waals surface area contributed by atoms with Crippen LogP contribution < -0.4 is 5.69 Å². The lowest BCUT2D eigenvalue weighted by molar-refractivity contribution is 0.0454. The fraction of sp³-hybridized carbons (Fsp3) is 0.182. The summed E-state index contributed by atoms with van der Waals surface area (Å²) in [4.78, 5) is 28.7. The highest BCUT2D eigenvalue weighted by Crippen LogP contribution is 2.09. The molecule has 0 aromatic carbocycles. The van der Waals surface area contributed by atoms with Crippen molar-refractivity contribution in [2.24, 2.45) is 0 Å². The van der Waals surface area contributed by atoms with Crippen LogP contribution in [0.25, 0.3) is 0 Å². The fourth-order valence-corrected chi connectivity index (χ4v) is 1.43. The highest BCUT2D eigenvalue weighted by atomic mass is 16.5. The van der Waals surface area contributed by atoms with Gasteiger partial charge in [0.2, 0.25) is 0 Å². The first-order valence-electron chi connectivity index (χ1n) is 5.27. The number of pyridine rings is 1. The molecular formula is C11H9N5O3. The van der Waals surface area contributed by atoms with Crippen molar-refractivity contribution in [3.05, 3.63) is 45.4 Å². The van der Waals surface area contributed by atoms with Crippen molar-refractivity contribution in [3.63, 3.8) is 0 Å². The summed E-state index contributed by atoms with van der Waals surface area (Å²) in [6.45, 7) is 1.49. The number of esters is 1. The third-order valence-corrected chi connectivity index (χ3v) is 2.29. The topological polar surface area (TPSA) is 125 Å². The van der Waals surface area contributed by atoms with Crippen molar-refractivity contribution < 1.29 is 9.53 Å². The molecule has 0 unspecified atom stereocenters. The molecule has 2 N–H and O–H groups in total. The fourth-order valence-electron chi connectivity index (χ4n) is 1.43. The van der Waals surface area contributed by atoms with Gasteiger partial charge in [-0.2, -0.15) is 10.4 Å². The Kier molecular flexibility index (Phi) is 3.38. The molecule has 8 nitrogen and oxygen atoms in total. The van der Waals surface area contributed by atoms with Crippen LogP contribution in [-0.4, -0.2) is 26.1 Å². The largest absolute Gasteiger partial charge is 0.453 e. The Morgan fingerprint density at radius 2 is 2.37 bits per heavy atom. The maximum Gasteiger partial charge on any atom is 0.357 e. The monoisotopic (exact) mass is 259 g/mol. The minimum atomic E-state index is -0.647. The van der Waals surface area contributed by atoms with Crippen molar-refractivity contribution in [2.45, 2.75) is 13.5 Å². The van der Waals surface area contributed by atoms with Crippen molar-refractivity contribution in [1.82, 2.24) is 20.2 Å². The number of aryl methyl sites for hydroxylation is 1. The van der Waals surface area contributed by atoms with Crippen molar-refractivity contribution in [3.8, 4) is 6.07 Å². The predicted molar refractivity (Wildman–Crippen MR) is 62.0 cm³/mol. The van der Waals surface area contributed by atoms with E-state index in [0.717, 1.165) is 0 Å². The maximum absolute atomic E-state index is 11.7. The first-order valence-corrected chi connectivity index (χ1v) is 5.27. The summed E-state index contributed by atoms with van der Waals surface area (Å²) in [5.41, 5.74) is 0.556. The number of nitrogens with zero attached hydrogens (tertiary/aromatic N) is 3. The number of rotatable bonds is 3. The van der Waals surface area contributed by atoms with E-state index >= 15 is 0 Å². The highest BCUT2D eigenvalue weighted by molar-refractivity contribution is 5.88. The van der Waals surface area contributed by atoms with Crippen LogP contribution in [0.2, 0.25) is 0 Å². The molecule has 0 bridgehead atoms. The number of H-pyrrole nitrogens is 2. The molecule has 96 valence electrons. The van der Waals surface area contributed by atoms with Crippen molar-refractivity contribution in [1.29, 1.82) is 5.26 Å². The van der Waals surface area contributed by atoms with Crippen LogP contribution in [0.15, 0.2) is 17.1 Å². The van der Waals surface area contributed by atoms with Gasteiger partial charge in [0.05, 0.1) is 5.56 Å². The Morgan fingerprint density at radius 3 is 2.95 bits per heavy atom. The van der Waals surface area contributed by atoms with E-state index in [9.17, 15) is 9.59 Å². The number of carbonyl (C=O) groups excluding carboxylic acids is 1. The van der Waals surface area contributed by atoms with Gasteiger partial charge in [-0.1, -0.05) is 0 Å². The van der Waals surface area contributed by atoms with Gasteiger partial charge in [0, 0.05) is 6.20 Å². The van der Waals surface area contributed by atoms with Gasteiger partial charge in [-0.3, -0.25) is 4.98 Å². The van der Waals surface area contributed by atoms with Crippen LogP contribution in [0.3, 0.4) is 0 Å². The number of aromatic amines is 2. The van der Waals surface area contributed by atoms with Gasteiger partial charge >= 0.3 is 11.7 Å². The molecule has 2 aromatic rings. The smallest absolute Gasteiger partial charge is 0.357 e. The number of hydrogen-bond donors (Lipinski definition) is 2. The molecular weight excluding hydrogens is 250 g/mol. The van der Waals surface area contributed by atoms with Gasteiger partial charge in [0.15, 0.2) is 18.1 Å². The van der Waals surface area contributed by atoms with E-state index < -0.39 is 11.7 Å². The summed E-state index contributed by atoms with van der Waals surface area (Å²) in [5.74, 6) is -0.435. The molecule has 2 rings (SSSR count). The first kappa shape index (κ1) is 12.5. The minimum Gasteiger partial charge on any atom is -0.453 e. The zero-order valence-electron chi connectivity index (χ0n) is 9.93. The van der Waals surface area contributed by atoms with Gasteiger partial charge in [0.25, 0.3) is 0 Å².